The Kier molecular flexibility index (Phi) is 5.27. The molecule has 7 heteroatoms. The van der Waals surface area contributed by atoms with Gasteiger partial charge in [-0.2, -0.15) is 4.31 Å². The molecule has 0 aliphatic carbocycles. The normalized spacial score (nSPS) is 13.8. The van der Waals surface area contributed by atoms with Gasteiger partial charge in [-0.3, -0.25) is 0 Å². The van der Waals surface area contributed by atoms with Crippen LogP contribution in [-0.2, 0) is 10.0 Å². The lowest BCUT2D eigenvalue weighted by Gasteiger charge is -2.23. The van der Waals surface area contributed by atoms with Gasteiger partial charge >= 0.3 is 0 Å². The van der Waals surface area contributed by atoms with Crippen LogP contribution in [0.15, 0.2) is 16.3 Å². The van der Waals surface area contributed by atoms with Crippen molar-refractivity contribution in [1.29, 1.82) is 0 Å². The van der Waals surface area contributed by atoms with Crippen molar-refractivity contribution in [2.24, 2.45) is 5.73 Å². The summed E-state index contributed by atoms with van der Waals surface area (Å²) in [6.07, 6.45) is 1.78. The smallest absolute Gasteiger partial charge is 0.252 e. The van der Waals surface area contributed by atoms with Crippen molar-refractivity contribution in [1.82, 2.24) is 4.31 Å². The quantitative estimate of drug-likeness (QED) is 0.818. The first-order valence-electron chi connectivity index (χ1n) is 5.68. The molecule has 2 N–H and O–H groups in total. The van der Waals surface area contributed by atoms with Crippen LogP contribution in [0.1, 0.15) is 31.6 Å². The molecule has 0 saturated heterocycles. The Balaban J connectivity index is 3.01. The van der Waals surface area contributed by atoms with Gasteiger partial charge in [-0.1, -0.05) is 25.6 Å². The molecule has 0 amide bonds. The van der Waals surface area contributed by atoms with Gasteiger partial charge in [0.2, 0.25) is 0 Å². The van der Waals surface area contributed by atoms with E-state index in [-0.39, 0.29) is 15.2 Å². The number of nitrogens with two attached hydrogens (primary N) is 1. The summed E-state index contributed by atoms with van der Waals surface area (Å²) in [7, 11) is -1.83. The molecule has 0 aromatic carbocycles. The van der Waals surface area contributed by atoms with E-state index in [4.69, 9.17) is 18.0 Å². The molecule has 1 aromatic rings. The van der Waals surface area contributed by atoms with E-state index in [0.717, 1.165) is 24.2 Å². The van der Waals surface area contributed by atoms with Crippen LogP contribution in [-0.4, -0.2) is 30.8 Å². The summed E-state index contributed by atoms with van der Waals surface area (Å²) in [5.41, 5.74) is 5.49. The summed E-state index contributed by atoms with van der Waals surface area (Å²) in [5.74, 6) is 0. The van der Waals surface area contributed by atoms with Gasteiger partial charge in [-0.05, 0) is 25.5 Å². The first kappa shape index (κ1) is 15.6. The Morgan fingerprint density at radius 3 is 2.61 bits per heavy atom. The van der Waals surface area contributed by atoms with Gasteiger partial charge in [0.25, 0.3) is 10.0 Å². The van der Waals surface area contributed by atoms with E-state index in [9.17, 15) is 8.42 Å². The molecular formula is C11H18N2O2S3. The van der Waals surface area contributed by atoms with E-state index < -0.39 is 10.0 Å². The van der Waals surface area contributed by atoms with Crippen molar-refractivity contribution >= 4 is 38.6 Å². The van der Waals surface area contributed by atoms with Crippen molar-refractivity contribution in [3.8, 4) is 0 Å². The molecule has 0 bridgehead atoms. The Morgan fingerprint density at radius 1 is 1.56 bits per heavy atom. The van der Waals surface area contributed by atoms with Crippen LogP contribution in [0.4, 0.5) is 0 Å². The molecule has 1 rings (SSSR count). The first-order chi connectivity index (χ1) is 8.30. The van der Waals surface area contributed by atoms with E-state index in [1.165, 1.54) is 4.31 Å². The molecular weight excluding hydrogens is 288 g/mol. The molecule has 1 atom stereocenters. The highest BCUT2D eigenvalue weighted by molar-refractivity contribution is 7.91. The predicted molar refractivity (Wildman–Crippen MR) is 79.5 cm³/mol. The van der Waals surface area contributed by atoms with E-state index in [0.29, 0.717) is 4.88 Å². The maximum absolute atomic E-state index is 12.3. The Bertz CT molecular complexity index is 522. The zero-order valence-electron chi connectivity index (χ0n) is 10.7. The van der Waals surface area contributed by atoms with Crippen LogP contribution in [0.25, 0.3) is 0 Å². The van der Waals surface area contributed by atoms with Crippen molar-refractivity contribution in [3.05, 3.63) is 17.0 Å². The summed E-state index contributed by atoms with van der Waals surface area (Å²) in [4.78, 5) is 0.853. The minimum atomic E-state index is -3.44. The first-order valence-corrected chi connectivity index (χ1v) is 8.34. The molecule has 102 valence electrons. The molecule has 1 unspecified atom stereocenters. The van der Waals surface area contributed by atoms with Crippen molar-refractivity contribution in [2.45, 2.75) is 36.9 Å². The van der Waals surface area contributed by atoms with E-state index >= 15 is 0 Å². The third-order valence-corrected chi connectivity index (χ3v) is 6.69. The molecule has 0 aliphatic rings. The molecule has 0 saturated carbocycles. The second-order valence-electron chi connectivity index (χ2n) is 4.14. The summed E-state index contributed by atoms with van der Waals surface area (Å²) in [6, 6.07) is 3.19. The zero-order valence-corrected chi connectivity index (χ0v) is 13.2. The number of thiocarbonyl (C=S) groups is 1. The molecule has 4 nitrogen and oxygen atoms in total. The fourth-order valence-electron chi connectivity index (χ4n) is 1.57. The minimum Gasteiger partial charge on any atom is -0.389 e. The van der Waals surface area contributed by atoms with Crippen LogP contribution in [0.2, 0.25) is 0 Å². The van der Waals surface area contributed by atoms with Gasteiger partial charge < -0.3 is 5.73 Å². The molecule has 0 fully saturated rings. The van der Waals surface area contributed by atoms with Gasteiger partial charge in [-0.25, -0.2) is 8.42 Å². The topological polar surface area (TPSA) is 63.4 Å². The molecule has 0 spiro atoms. The van der Waals surface area contributed by atoms with Crippen molar-refractivity contribution in [3.63, 3.8) is 0 Å². The lowest BCUT2D eigenvalue weighted by Crippen LogP contribution is -2.34. The SMILES string of the molecule is CCCC(C)N(C)S(=O)(=O)c1ccc(C(N)=S)s1. The predicted octanol–water partition coefficient (Wildman–Crippen LogP) is 2.19. The number of nitrogens with zero attached hydrogens (tertiary/aromatic N) is 1. The zero-order chi connectivity index (χ0) is 13.9. The fourth-order valence-corrected chi connectivity index (χ4v) is 4.50. The van der Waals surface area contributed by atoms with Gasteiger partial charge in [0, 0.05) is 13.1 Å². The average molecular weight is 306 g/mol. The van der Waals surface area contributed by atoms with Crippen LogP contribution in [0.5, 0.6) is 0 Å². The maximum atomic E-state index is 12.3. The number of rotatable bonds is 6. The number of hydrogen-bond acceptors (Lipinski definition) is 4. The largest absolute Gasteiger partial charge is 0.389 e. The van der Waals surface area contributed by atoms with E-state index in [2.05, 4.69) is 0 Å². The van der Waals surface area contributed by atoms with Crippen molar-refractivity contribution in [2.75, 3.05) is 7.05 Å². The number of thiophene rings is 1. The van der Waals surface area contributed by atoms with Gasteiger partial charge in [-0.15, -0.1) is 11.3 Å². The minimum absolute atomic E-state index is 0.0182. The summed E-state index contributed by atoms with van der Waals surface area (Å²) < 4.78 is 26.4. The van der Waals surface area contributed by atoms with Crippen LogP contribution >= 0.6 is 23.6 Å². The summed E-state index contributed by atoms with van der Waals surface area (Å²) in [5, 5.41) is 0. The Labute approximate surface area is 118 Å². The summed E-state index contributed by atoms with van der Waals surface area (Å²) >= 11 is 5.95. The molecule has 1 heterocycles. The highest BCUT2D eigenvalue weighted by atomic mass is 32.2. The van der Waals surface area contributed by atoms with Crippen LogP contribution in [0.3, 0.4) is 0 Å². The third kappa shape index (κ3) is 3.28. The van der Waals surface area contributed by atoms with Crippen LogP contribution in [0, 0.1) is 0 Å². The highest BCUT2D eigenvalue weighted by Gasteiger charge is 2.26. The maximum Gasteiger partial charge on any atom is 0.252 e. The lowest BCUT2D eigenvalue weighted by atomic mass is 10.2. The van der Waals surface area contributed by atoms with Crippen LogP contribution < -0.4 is 5.73 Å². The standard InChI is InChI=1S/C11H18N2O2S3/c1-4-5-8(2)13(3)18(14,15)10-7-6-9(17-10)11(12)16/h6-8H,4-5H2,1-3H3,(H2,12,16). The number of hydrogen-bond donors (Lipinski definition) is 1. The molecule has 0 radical (unpaired) electrons. The second kappa shape index (κ2) is 6.10. The van der Waals surface area contributed by atoms with Gasteiger partial charge in [0.15, 0.2) is 0 Å². The van der Waals surface area contributed by atoms with Gasteiger partial charge in [0.1, 0.15) is 9.20 Å². The fraction of sp³-hybridized carbons (Fsp3) is 0.545. The Morgan fingerprint density at radius 2 is 2.17 bits per heavy atom. The average Bonchev–Trinajstić information content (AvgIpc) is 2.78. The van der Waals surface area contributed by atoms with Gasteiger partial charge in [0.05, 0.1) is 4.88 Å². The highest BCUT2D eigenvalue weighted by Crippen LogP contribution is 2.26. The number of sulfonamides is 1. The molecule has 18 heavy (non-hydrogen) atoms. The van der Waals surface area contributed by atoms with E-state index in [1.807, 2.05) is 13.8 Å². The lowest BCUT2D eigenvalue weighted by molar-refractivity contribution is 0.369. The summed E-state index contributed by atoms with van der Waals surface area (Å²) in [6.45, 7) is 3.94. The van der Waals surface area contributed by atoms with E-state index in [1.54, 1.807) is 19.2 Å². The Hall–Kier alpha value is -0.500. The third-order valence-electron chi connectivity index (χ3n) is 2.78. The molecule has 1 aromatic heterocycles. The van der Waals surface area contributed by atoms with Crippen molar-refractivity contribution < 1.29 is 8.42 Å². The molecule has 0 aliphatic heterocycles. The monoisotopic (exact) mass is 306 g/mol. The second-order valence-corrected chi connectivity index (χ2v) is 7.89.